The summed E-state index contributed by atoms with van der Waals surface area (Å²) >= 11 is 0. The standard InChI is InChI=1S/C20H36O5/c1-8-20(7,13-19(5,6)16(22)25-18(2,3)4)17(23)24-15-11-9-14(21)10-12-15/h14-15,21H,8-13H2,1-7H3. The molecule has 5 nitrogen and oxygen atoms in total. The highest BCUT2D eigenvalue weighted by Crippen LogP contribution is 2.40. The summed E-state index contributed by atoms with van der Waals surface area (Å²) in [6, 6.07) is 0. The molecule has 1 aliphatic rings. The molecule has 1 N–H and O–H groups in total. The zero-order valence-electron chi connectivity index (χ0n) is 17.0. The van der Waals surface area contributed by atoms with Gasteiger partial charge in [0.15, 0.2) is 0 Å². The second-order valence-corrected chi connectivity index (χ2v) is 9.31. The second kappa shape index (κ2) is 8.07. The molecule has 5 heteroatoms. The average Bonchev–Trinajstić information content (AvgIpc) is 2.47. The largest absolute Gasteiger partial charge is 0.462 e. The highest BCUT2D eigenvalue weighted by Gasteiger charge is 2.44. The molecule has 1 rings (SSSR count). The number of ether oxygens (including phenoxy) is 2. The van der Waals surface area contributed by atoms with E-state index in [1.165, 1.54) is 0 Å². The molecule has 0 aromatic rings. The molecule has 0 heterocycles. The Morgan fingerprint density at radius 3 is 1.92 bits per heavy atom. The molecule has 1 aliphatic carbocycles. The minimum atomic E-state index is -0.778. The molecule has 25 heavy (non-hydrogen) atoms. The van der Waals surface area contributed by atoms with E-state index in [1.54, 1.807) is 0 Å². The van der Waals surface area contributed by atoms with Crippen LogP contribution in [0.4, 0.5) is 0 Å². The number of aliphatic hydroxyl groups is 1. The van der Waals surface area contributed by atoms with E-state index in [0.29, 0.717) is 38.5 Å². The van der Waals surface area contributed by atoms with Crippen LogP contribution < -0.4 is 0 Å². The number of hydrogen-bond acceptors (Lipinski definition) is 5. The Kier molecular flexibility index (Phi) is 7.08. The van der Waals surface area contributed by atoms with Gasteiger partial charge in [0.2, 0.25) is 0 Å². The van der Waals surface area contributed by atoms with Gasteiger partial charge in [-0.15, -0.1) is 0 Å². The smallest absolute Gasteiger partial charge is 0.312 e. The van der Waals surface area contributed by atoms with Crippen molar-refractivity contribution in [2.75, 3.05) is 0 Å². The van der Waals surface area contributed by atoms with Gasteiger partial charge in [0.1, 0.15) is 11.7 Å². The van der Waals surface area contributed by atoms with Crippen LogP contribution in [-0.2, 0) is 19.1 Å². The molecule has 0 saturated heterocycles. The van der Waals surface area contributed by atoms with Crippen LogP contribution in [0.1, 0.15) is 87.0 Å². The Labute approximate surface area is 152 Å². The number of carbonyl (C=O) groups is 2. The molecule has 0 bridgehead atoms. The summed E-state index contributed by atoms with van der Waals surface area (Å²) in [7, 11) is 0. The first-order chi connectivity index (χ1) is 11.3. The van der Waals surface area contributed by atoms with Crippen LogP contribution in [0.5, 0.6) is 0 Å². The predicted octanol–water partition coefficient (Wildman–Crippen LogP) is 4.01. The van der Waals surface area contributed by atoms with E-state index < -0.39 is 16.4 Å². The Morgan fingerprint density at radius 1 is 0.960 bits per heavy atom. The second-order valence-electron chi connectivity index (χ2n) is 9.31. The summed E-state index contributed by atoms with van der Waals surface area (Å²) in [5, 5.41) is 9.58. The van der Waals surface area contributed by atoms with Gasteiger partial charge in [0, 0.05) is 0 Å². The van der Waals surface area contributed by atoms with E-state index in [4.69, 9.17) is 9.47 Å². The third kappa shape index (κ3) is 6.61. The third-order valence-electron chi connectivity index (χ3n) is 4.97. The fourth-order valence-corrected chi connectivity index (χ4v) is 3.26. The van der Waals surface area contributed by atoms with Gasteiger partial charge in [-0.3, -0.25) is 9.59 Å². The summed E-state index contributed by atoms with van der Waals surface area (Å²) in [5.74, 6) is -0.554. The first kappa shape index (κ1) is 21.9. The number of carbonyl (C=O) groups excluding carboxylic acids is 2. The molecule has 0 aliphatic heterocycles. The Morgan fingerprint density at radius 2 is 1.48 bits per heavy atom. The summed E-state index contributed by atoms with van der Waals surface area (Å²) < 4.78 is 11.2. The quantitative estimate of drug-likeness (QED) is 0.728. The van der Waals surface area contributed by atoms with Gasteiger partial charge in [-0.05, 0) is 80.1 Å². The van der Waals surface area contributed by atoms with Crippen LogP contribution in [0.2, 0.25) is 0 Å². The van der Waals surface area contributed by atoms with Gasteiger partial charge in [-0.1, -0.05) is 6.92 Å². The Hall–Kier alpha value is -1.10. The van der Waals surface area contributed by atoms with Gasteiger partial charge in [-0.2, -0.15) is 0 Å². The monoisotopic (exact) mass is 356 g/mol. The van der Waals surface area contributed by atoms with Crippen LogP contribution in [0, 0.1) is 10.8 Å². The summed E-state index contributed by atoms with van der Waals surface area (Å²) in [5.41, 5.74) is -2.07. The lowest BCUT2D eigenvalue weighted by molar-refractivity contribution is -0.173. The van der Waals surface area contributed by atoms with Crippen LogP contribution in [0.15, 0.2) is 0 Å². The van der Waals surface area contributed by atoms with E-state index >= 15 is 0 Å². The minimum Gasteiger partial charge on any atom is -0.462 e. The Balaban J connectivity index is 2.76. The maximum Gasteiger partial charge on any atom is 0.312 e. The molecule has 0 amide bonds. The van der Waals surface area contributed by atoms with Crippen molar-refractivity contribution in [3.63, 3.8) is 0 Å². The van der Waals surface area contributed by atoms with Crippen molar-refractivity contribution in [2.24, 2.45) is 10.8 Å². The minimum absolute atomic E-state index is 0.133. The van der Waals surface area contributed by atoms with E-state index in [1.807, 2.05) is 48.5 Å². The highest BCUT2D eigenvalue weighted by atomic mass is 16.6. The van der Waals surface area contributed by atoms with Gasteiger partial charge in [0.05, 0.1) is 16.9 Å². The zero-order valence-corrected chi connectivity index (χ0v) is 17.0. The normalized spacial score (nSPS) is 24.3. The lowest BCUT2D eigenvalue weighted by Gasteiger charge is -2.36. The zero-order chi connectivity index (χ0) is 19.5. The van der Waals surface area contributed by atoms with E-state index in [0.717, 1.165) is 0 Å². The van der Waals surface area contributed by atoms with Crippen molar-refractivity contribution < 1.29 is 24.2 Å². The molecule has 1 fully saturated rings. The van der Waals surface area contributed by atoms with Crippen molar-refractivity contribution >= 4 is 11.9 Å². The molecule has 1 unspecified atom stereocenters. The molecule has 0 radical (unpaired) electrons. The van der Waals surface area contributed by atoms with Crippen LogP contribution in [-0.4, -0.2) is 34.9 Å². The SMILES string of the molecule is CCC(C)(CC(C)(C)C(=O)OC(C)(C)C)C(=O)OC1CCC(O)CC1. The predicted molar refractivity (Wildman–Crippen MR) is 97.0 cm³/mol. The van der Waals surface area contributed by atoms with Crippen molar-refractivity contribution in [1.82, 2.24) is 0 Å². The van der Waals surface area contributed by atoms with Crippen LogP contribution in [0.3, 0.4) is 0 Å². The lowest BCUT2D eigenvalue weighted by Crippen LogP contribution is -2.42. The molecule has 0 aromatic heterocycles. The molecule has 0 spiro atoms. The summed E-state index contributed by atoms with van der Waals surface area (Å²) in [6.07, 6.45) is 3.29. The highest BCUT2D eigenvalue weighted by molar-refractivity contribution is 5.80. The van der Waals surface area contributed by atoms with E-state index in [-0.39, 0.29) is 24.1 Å². The first-order valence-corrected chi connectivity index (χ1v) is 9.42. The van der Waals surface area contributed by atoms with Crippen molar-refractivity contribution in [3.8, 4) is 0 Å². The van der Waals surface area contributed by atoms with E-state index in [2.05, 4.69) is 0 Å². The average molecular weight is 357 g/mol. The van der Waals surface area contributed by atoms with E-state index in [9.17, 15) is 14.7 Å². The van der Waals surface area contributed by atoms with Crippen molar-refractivity contribution in [1.29, 1.82) is 0 Å². The first-order valence-electron chi connectivity index (χ1n) is 9.42. The molecule has 0 aromatic carbocycles. The number of aliphatic hydroxyl groups excluding tert-OH is 1. The maximum atomic E-state index is 12.8. The molecule has 146 valence electrons. The molecular formula is C20H36O5. The molecule has 1 saturated carbocycles. The Bertz CT molecular complexity index is 469. The lowest BCUT2D eigenvalue weighted by atomic mass is 9.72. The summed E-state index contributed by atoms with van der Waals surface area (Å²) in [6.45, 7) is 13.0. The van der Waals surface area contributed by atoms with Crippen LogP contribution >= 0.6 is 0 Å². The number of rotatable bonds is 6. The number of hydrogen-bond donors (Lipinski definition) is 1. The fourth-order valence-electron chi connectivity index (χ4n) is 3.26. The van der Waals surface area contributed by atoms with Gasteiger partial charge >= 0.3 is 11.9 Å². The van der Waals surface area contributed by atoms with Gasteiger partial charge < -0.3 is 14.6 Å². The van der Waals surface area contributed by atoms with Gasteiger partial charge in [0.25, 0.3) is 0 Å². The maximum absolute atomic E-state index is 12.8. The van der Waals surface area contributed by atoms with Crippen molar-refractivity contribution in [2.45, 2.75) is 105 Å². The van der Waals surface area contributed by atoms with Gasteiger partial charge in [-0.25, -0.2) is 0 Å². The topological polar surface area (TPSA) is 72.8 Å². The summed E-state index contributed by atoms with van der Waals surface area (Å²) in [4.78, 5) is 25.3. The fraction of sp³-hybridized carbons (Fsp3) is 0.900. The van der Waals surface area contributed by atoms with Crippen molar-refractivity contribution in [3.05, 3.63) is 0 Å². The third-order valence-corrected chi connectivity index (χ3v) is 4.97. The molecule has 1 atom stereocenters. The number of esters is 2. The van der Waals surface area contributed by atoms with Crippen LogP contribution in [0.25, 0.3) is 0 Å². The molecular weight excluding hydrogens is 320 g/mol.